The van der Waals surface area contributed by atoms with Crippen molar-refractivity contribution in [1.29, 1.82) is 0 Å². The summed E-state index contributed by atoms with van der Waals surface area (Å²) in [4.78, 5) is 15.3. The van der Waals surface area contributed by atoms with Crippen LogP contribution in [0.5, 0.6) is 0 Å². The lowest BCUT2D eigenvalue weighted by atomic mass is 10.0. The van der Waals surface area contributed by atoms with Crippen molar-refractivity contribution in [2.24, 2.45) is 0 Å². The molecule has 1 aromatic heterocycles. The first-order valence-corrected chi connectivity index (χ1v) is 10.6. The maximum Gasteiger partial charge on any atom is 0.270 e. The molecular formula is C23H25BrN2O. The first-order chi connectivity index (χ1) is 13.2. The van der Waals surface area contributed by atoms with Gasteiger partial charge in [-0.05, 0) is 48.6 Å². The SMILES string of the molecule is CCCCN1CCc2c(n(CCc3ccccc3)c3ccc(Br)cc23)C1=O. The third-order valence-electron chi connectivity index (χ3n) is 5.50. The third kappa shape index (κ3) is 3.55. The second-order valence-electron chi connectivity index (χ2n) is 7.27. The van der Waals surface area contributed by atoms with E-state index in [0.29, 0.717) is 0 Å². The van der Waals surface area contributed by atoms with Gasteiger partial charge in [-0.1, -0.05) is 59.6 Å². The predicted octanol–water partition coefficient (Wildman–Crippen LogP) is 5.44. The van der Waals surface area contributed by atoms with Gasteiger partial charge in [0.05, 0.1) is 0 Å². The molecular weight excluding hydrogens is 400 g/mol. The van der Waals surface area contributed by atoms with Crippen molar-refractivity contribution in [1.82, 2.24) is 9.47 Å². The fourth-order valence-electron chi connectivity index (χ4n) is 4.07. The van der Waals surface area contributed by atoms with Crippen molar-refractivity contribution >= 4 is 32.7 Å². The molecule has 0 N–H and O–H groups in total. The summed E-state index contributed by atoms with van der Waals surface area (Å²) in [7, 11) is 0. The van der Waals surface area contributed by atoms with Gasteiger partial charge in [-0.25, -0.2) is 0 Å². The first kappa shape index (κ1) is 18.3. The van der Waals surface area contributed by atoms with E-state index in [1.807, 2.05) is 11.0 Å². The predicted molar refractivity (Wildman–Crippen MR) is 114 cm³/mol. The zero-order chi connectivity index (χ0) is 18.8. The Labute approximate surface area is 169 Å². The van der Waals surface area contributed by atoms with Crippen LogP contribution in [0, 0.1) is 0 Å². The number of hydrogen-bond donors (Lipinski definition) is 0. The second-order valence-corrected chi connectivity index (χ2v) is 8.19. The van der Waals surface area contributed by atoms with Gasteiger partial charge in [0.15, 0.2) is 0 Å². The Morgan fingerprint density at radius 2 is 1.89 bits per heavy atom. The number of nitrogens with zero attached hydrogens (tertiary/aromatic N) is 2. The molecule has 0 saturated heterocycles. The van der Waals surface area contributed by atoms with Gasteiger partial charge >= 0.3 is 0 Å². The molecule has 4 heteroatoms. The largest absolute Gasteiger partial charge is 0.337 e. The Hall–Kier alpha value is -2.07. The van der Waals surface area contributed by atoms with Crippen molar-refractivity contribution in [2.45, 2.75) is 39.2 Å². The summed E-state index contributed by atoms with van der Waals surface area (Å²) >= 11 is 3.60. The zero-order valence-corrected chi connectivity index (χ0v) is 17.3. The number of carbonyl (C=O) groups excluding carboxylic acids is 1. The van der Waals surface area contributed by atoms with E-state index in [9.17, 15) is 4.79 Å². The fraction of sp³-hybridized carbons (Fsp3) is 0.348. The molecule has 0 saturated carbocycles. The summed E-state index contributed by atoms with van der Waals surface area (Å²) in [5, 5.41) is 1.22. The lowest BCUT2D eigenvalue weighted by Crippen LogP contribution is -2.39. The Morgan fingerprint density at radius 1 is 1.07 bits per heavy atom. The van der Waals surface area contributed by atoms with Crippen LogP contribution in [0.25, 0.3) is 10.9 Å². The van der Waals surface area contributed by atoms with Crippen molar-refractivity contribution in [3.8, 4) is 0 Å². The van der Waals surface area contributed by atoms with Gasteiger partial charge in [-0.15, -0.1) is 0 Å². The summed E-state index contributed by atoms with van der Waals surface area (Å²) in [6.07, 6.45) is 4.04. The smallest absolute Gasteiger partial charge is 0.270 e. The number of hydrogen-bond acceptors (Lipinski definition) is 1. The van der Waals surface area contributed by atoms with Gasteiger partial charge in [0, 0.05) is 35.0 Å². The van der Waals surface area contributed by atoms with Crippen LogP contribution < -0.4 is 0 Å². The molecule has 0 atom stereocenters. The maximum atomic E-state index is 13.3. The molecule has 3 aromatic rings. The monoisotopic (exact) mass is 424 g/mol. The van der Waals surface area contributed by atoms with E-state index >= 15 is 0 Å². The molecule has 0 spiro atoms. The Bertz CT molecular complexity index is 961. The van der Waals surface area contributed by atoms with E-state index in [-0.39, 0.29) is 5.91 Å². The topological polar surface area (TPSA) is 25.2 Å². The van der Waals surface area contributed by atoms with Gasteiger partial charge in [0.2, 0.25) is 0 Å². The number of fused-ring (bicyclic) bond motifs is 3. The number of aromatic nitrogens is 1. The molecule has 0 fully saturated rings. The average molecular weight is 425 g/mol. The van der Waals surface area contributed by atoms with Crippen molar-refractivity contribution in [3.63, 3.8) is 0 Å². The van der Waals surface area contributed by atoms with Crippen LogP contribution in [0.3, 0.4) is 0 Å². The quantitative estimate of drug-likeness (QED) is 0.516. The molecule has 0 bridgehead atoms. The fourth-order valence-corrected chi connectivity index (χ4v) is 4.43. The highest BCUT2D eigenvalue weighted by molar-refractivity contribution is 9.10. The molecule has 0 radical (unpaired) electrons. The molecule has 1 amide bonds. The van der Waals surface area contributed by atoms with Crippen LogP contribution >= 0.6 is 15.9 Å². The van der Waals surface area contributed by atoms with E-state index < -0.39 is 0 Å². The van der Waals surface area contributed by atoms with E-state index in [1.165, 1.54) is 22.0 Å². The number of carbonyl (C=O) groups is 1. The molecule has 2 aromatic carbocycles. The second kappa shape index (κ2) is 7.89. The van der Waals surface area contributed by atoms with Crippen molar-refractivity contribution in [3.05, 3.63) is 69.8 Å². The Kier molecular flexibility index (Phi) is 5.35. The van der Waals surface area contributed by atoms with Crippen LogP contribution in [0.2, 0.25) is 0 Å². The summed E-state index contributed by atoms with van der Waals surface area (Å²) in [5.74, 6) is 0.199. The van der Waals surface area contributed by atoms with Crippen LogP contribution in [0.15, 0.2) is 53.0 Å². The Morgan fingerprint density at radius 3 is 2.67 bits per heavy atom. The minimum absolute atomic E-state index is 0.199. The van der Waals surface area contributed by atoms with Gasteiger partial charge in [0.1, 0.15) is 5.69 Å². The normalized spacial score (nSPS) is 14.0. The van der Waals surface area contributed by atoms with Crippen LogP contribution in [0.4, 0.5) is 0 Å². The average Bonchev–Trinajstić information content (AvgIpc) is 3.00. The summed E-state index contributed by atoms with van der Waals surface area (Å²) in [6, 6.07) is 16.9. The van der Waals surface area contributed by atoms with Gasteiger partial charge < -0.3 is 9.47 Å². The highest BCUT2D eigenvalue weighted by atomic mass is 79.9. The molecule has 0 unspecified atom stereocenters. The van der Waals surface area contributed by atoms with E-state index in [0.717, 1.165) is 55.5 Å². The van der Waals surface area contributed by atoms with E-state index in [4.69, 9.17) is 0 Å². The van der Waals surface area contributed by atoms with Gasteiger partial charge in [0.25, 0.3) is 5.91 Å². The Balaban J connectivity index is 1.75. The molecule has 3 nitrogen and oxygen atoms in total. The number of amides is 1. The highest BCUT2D eigenvalue weighted by Crippen LogP contribution is 2.33. The summed E-state index contributed by atoms with van der Waals surface area (Å²) in [6.45, 7) is 4.69. The van der Waals surface area contributed by atoms with Gasteiger partial charge in [-0.3, -0.25) is 4.79 Å². The number of halogens is 1. The standard InChI is InChI=1S/C23H25BrN2O/c1-2-3-13-25-14-12-19-20-16-18(24)9-10-21(20)26(22(19)23(25)27)15-11-17-7-5-4-6-8-17/h4-10,16H,2-3,11-15H2,1H3. The van der Waals surface area contributed by atoms with E-state index in [2.05, 4.69) is 69.9 Å². The molecule has 0 aliphatic carbocycles. The van der Waals surface area contributed by atoms with Crippen LogP contribution in [0.1, 0.15) is 41.4 Å². The first-order valence-electron chi connectivity index (χ1n) is 9.83. The number of benzene rings is 2. The third-order valence-corrected chi connectivity index (χ3v) is 5.99. The van der Waals surface area contributed by atoms with Crippen LogP contribution in [-0.2, 0) is 19.4 Å². The highest BCUT2D eigenvalue weighted by Gasteiger charge is 2.30. The van der Waals surface area contributed by atoms with Crippen molar-refractivity contribution < 1.29 is 4.79 Å². The molecule has 27 heavy (non-hydrogen) atoms. The number of unbranched alkanes of at least 4 members (excludes halogenated alkanes) is 1. The summed E-state index contributed by atoms with van der Waals surface area (Å²) < 4.78 is 3.32. The molecule has 1 aliphatic rings. The lowest BCUT2D eigenvalue weighted by Gasteiger charge is -2.28. The van der Waals surface area contributed by atoms with Crippen LogP contribution in [-0.4, -0.2) is 28.5 Å². The van der Waals surface area contributed by atoms with Gasteiger partial charge in [-0.2, -0.15) is 0 Å². The molecule has 4 rings (SSSR count). The van der Waals surface area contributed by atoms with E-state index in [1.54, 1.807) is 0 Å². The number of aryl methyl sites for hydroxylation is 2. The summed E-state index contributed by atoms with van der Waals surface area (Å²) in [5.41, 5.74) is 4.60. The lowest BCUT2D eigenvalue weighted by molar-refractivity contribution is 0.0726. The maximum absolute atomic E-state index is 13.3. The zero-order valence-electron chi connectivity index (χ0n) is 15.7. The minimum Gasteiger partial charge on any atom is -0.337 e. The molecule has 2 heterocycles. The van der Waals surface area contributed by atoms with Crippen molar-refractivity contribution in [2.75, 3.05) is 13.1 Å². The minimum atomic E-state index is 0.199. The number of rotatable bonds is 6. The molecule has 1 aliphatic heterocycles. The molecule has 140 valence electrons.